The van der Waals surface area contributed by atoms with Crippen molar-refractivity contribution in [1.29, 1.82) is 0 Å². The van der Waals surface area contributed by atoms with E-state index in [0.29, 0.717) is 39.9 Å². The molecule has 0 spiro atoms. The summed E-state index contributed by atoms with van der Waals surface area (Å²) in [5.41, 5.74) is 3.46. The van der Waals surface area contributed by atoms with Crippen molar-refractivity contribution in [2.75, 3.05) is 30.4 Å². The molecule has 1 fully saturated rings. The molecule has 0 aromatic heterocycles. The van der Waals surface area contributed by atoms with Crippen LogP contribution >= 0.6 is 0 Å². The van der Waals surface area contributed by atoms with Crippen molar-refractivity contribution >= 4 is 34.7 Å². The van der Waals surface area contributed by atoms with Crippen molar-refractivity contribution in [2.45, 2.75) is 33.6 Å². The quantitative estimate of drug-likeness (QED) is 0.702. The average Bonchev–Trinajstić information content (AvgIpc) is 3.04. The van der Waals surface area contributed by atoms with Crippen molar-refractivity contribution in [3.63, 3.8) is 0 Å². The number of likely N-dealkylation sites (tertiary alicyclic amines) is 1. The van der Waals surface area contributed by atoms with E-state index in [1.54, 1.807) is 36.4 Å². The highest BCUT2D eigenvalue weighted by molar-refractivity contribution is 6.45. The maximum absolute atomic E-state index is 13.8. The number of carbonyl (C=O) groups excluding carboxylic acids is 3. The molecule has 0 atom stereocenters. The van der Waals surface area contributed by atoms with Gasteiger partial charge in [-0.1, -0.05) is 25.1 Å². The number of rotatable bonds is 5. The van der Waals surface area contributed by atoms with E-state index in [2.05, 4.69) is 12.2 Å². The summed E-state index contributed by atoms with van der Waals surface area (Å²) >= 11 is 0. The summed E-state index contributed by atoms with van der Waals surface area (Å²) in [6.07, 6.45) is 1.93. The van der Waals surface area contributed by atoms with Crippen LogP contribution in [0.5, 0.6) is 5.75 Å². The van der Waals surface area contributed by atoms with Gasteiger partial charge < -0.3 is 15.0 Å². The molecule has 4 rings (SSSR count). The van der Waals surface area contributed by atoms with Crippen molar-refractivity contribution < 1.29 is 19.1 Å². The van der Waals surface area contributed by atoms with E-state index in [4.69, 9.17) is 4.74 Å². The zero-order valence-corrected chi connectivity index (χ0v) is 19.5. The monoisotopic (exact) mass is 447 g/mol. The van der Waals surface area contributed by atoms with Crippen LogP contribution in [0.25, 0.3) is 5.57 Å². The zero-order chi connectivity index (χ0) is 23.7. The fourth-order valence-electron chi connectivity index (χ4n) is 4.42. The van der Waals surface area contributed by atoms with Gasteiger partial charge in [-0.2, -0.15) is 0 Å². The van der Waals surface area contributed by atoms with Crippen LogP contribution in [0.1, 0.15) is 37.8 Å². The second-order valence-corrected chi connectivity index (χ2v) is 8.77. The molecule has 2 aliphatic rings. The maximum atomic E-state index is 13.8. The summed E-state index contributed by atoms with van der Waals surface area (Å²) in [6.45, 7) is 7.01. The highest BCUT2D eigenvalue weighted by atomic mass is 16.5. The molecule has 3 amide bonds. The number of imide groups is 1. The SMILES string of the molecule is COc1ccc(C)cc1N1C(=O)C(c2ccc(NC(C)=O)cc2)=C(N2CCC(C)CC2)C1=O. The molecule has 0 radical (unpaired) electrons. The van der Waals surface area contributed by atoms with Crippen molar-refractivity contribution in [3.8, 4) is 5.75 Å². The van der Waals surface area contributed by atoms with Gasteiger partial charge in [-0.15, -0.1) is 0 Å². The Labute approximate surface area is 194 Å². The Balaban J connectivity index is 1.80. The maximum Gasteiger partial charge on any atom is 0.282 e. The minimum Gasteiger partial charge on any atom is -0.495 e. The molecule has 1 saturated heterocycles. The van der Waals surface area contributed by atoms with Crippen LogP contribution in [-0.4, -0.2) is 42.8 Å². The topological polar surface area (TPSA) is 79.0 Å². The van der Waals surface area contributed by atoms with Gasteiger partial charge in [-0.25, -0.2) is 4.90 Å². The smallest absolute Gasteiger partial charge is 0.282 e. The van der Waals surface area contributed by atoms with E-state index in [-0.39, 0.29) is 17.7 Å². The highest BCUT2D eigenvalue weighted by Gasteiger charge is 2.44. The van der Waals surface area contributed by atoms with Gasteiger partial charge >= 0.3 is 0 Å². The van der Waals surface area contributed by atoms with Crippen molar-refractivity contribution in [2.24, 2.45) is 5.92 Å². The van der Waals surface area contributed by atoms with Gasteiger partial charge in [0, 0.05) is 25.7 Å². The summed E-state index contributed by atoms with van der Waals surface area (Å²) in [6, 6.07) is 12.5. The van der Waals surface area contributed by atoms with Crippen LogP contribution in [-0.2, 0) is 14.4 Å². The van der Waals surface area contributed by atoms with Gasteiger partial charge in [0.05, 0.1) is 18.4 Å². The molecule has 0 saturated carbocycles. The Morgan fingerprint density at radius 1 is 1.03 bits per heavy atom. The number of ether oxygens (including phenoxy) is 1. The fraction of sp³-hybridized carbons (Fsp3) is 0.346. The first kappa shape index (κ1) is 22.6. The normalized spacial score (nSPS) is 17.1. The van der Waals surface area contributed by atoms with Crippen LogP contribution in [0.2, 0.25) is 0 Å². The summed E-state index contributed by atoms with van der Waals surface area (Å²) in [4.78, 5) is 42.2. The van der Waals surface area contributed by atoms with E-state index in [9.17, 15) is 14.4 Å². The molecular formula is C26H29N3O4. The number of benzene rings is 2. The second kappa shape index (κ2) is 9.10. The number of aryl methyl sites for hydroxylation is 1. The minimum atomic E-state index is -0.371. The first-order chi connectivity index (χ1) is 15.8. The first-order valence-corrected chi connectivity index (χ1v) is 11.2. The van der Waals surface area contributed by atoms with Crippen molar-refractivity contribution in [1.82, 2.24) is 4.90 Å². The number of nitrogens with one attached hydrogen (secondary N) is 1. The Bertz CT molecular complexity index is 1130. The third-order valence-electron chi connectivity index (χ3n) is 6.23. The van der Waals surface area contributed by atoms with E-state index in [1.165, 1.54) is 18.9 Å². The van der Waals surface area contributed by atoms with E-state index >= 15 is 0 Å². The molecule has 7 heteroatoms. The average molecular weight is 448 g/mol. The lowest BCUT2D eigenvalue weighted by atomic mass is 9.97. The molecule has 2 aliphatic heterocycles. The summed E-state index contributed by atoms with van der Waals surface area (Å²) in [5.74, 6) is 0.178. The molecular weight excluding hydrogens is 418 g/mol. The molecule has 7 nitrogen and oxygen atoms in total. The molecule has 0 bridgehead atoms. The van der Waals surface area contributed by atoms with Gasteiger partial charge in [0.2, 0.25) is 5.91 Å². The fourth-order valence-corrected chi connectivity index (χ4v) is 4.42. The van der Waals surface area contributed by atoms with Crippen molar-refractivity contribution in [3.05, 3.63) is 59.3 Å². The lowest BCUT2D eigenvalue weighted by Crippen LogP contribution is -2.38. The van der Waals surface area contributed by atoms with Crippen LogP contribution in [0, 0.1) is 12.8 Å². The summed E-state index contributed by atoms with van der Waals surface area (Å²) in [7, 11) is 1.53. The molecule has 0 aliphatic carbocycles. The number of amides is 3. The van der Waals surface area contributed by atoms with Crippen LogP contribution in [0.15, 0.2) is 48.2 Å². The molecule has 172 valence electrons. The number of piperidine rings is 1. The third-order valence-corrected chi connectivity index (χ3v) is 6.23. The van der Waals surface area contributed by atoms with Gasteiger partial charge in [0.15, 0.2) is 0 Å². The molecule has 2 aromatic carbocycles. The summed E-state index contributed by atoms with van der Waals surface area (Å²) < 4.78 is 5.48. The van der Waals surface area contributed by atoms with E-state index in [0.717, 1.165) is 31.5 Å². The second-order valence-electron chi connectivity index (χ2n) is 8.77. The Kier molecular flexibility index (Phi) is 6.22. The minimum absolute atomic E-state index is 0.171. The number of anilines is 2. The summed E-state index contributed by atoms with van der Waals surface area (Å²) in [5, 5.41) is 2.73. The van der Waals surface area contributed by atoms with E-state index in [1.807, 2.05) is 17.9 Å². The molecule has 1 N–H and O–H groups in total. The standard InChI is InChI=1S/C26H29N3O4/c1-16-11-13-28(14-12-16)24-23(19-6-8-20(9-7-19)27-18(3)30)25(31)29(26(24)32)21-15-17(2)5-10-22(21)33-4/h5-10,15-16H,11-14H2,1-4H3,(H,27,30). The van der Waals surface area contributed by atoms with Crippen LogP contribution in [0.4, 0.5) is 11.4 Å². The van der Waals surface area contributed by atoms with E-state index < -0.39 is 0 Å². The zero-order valence-electron chi connectivity index (χ0n) is 19.5. The number of nitrogens with zero attached hydrogens (tertiary/aromatic N) is 2. The molecule has 0 unspecified atom stereocenters. The van der Waals surface area contributed by atoms with Gasteiger partial charge in [-0.3, -0.25) is 14.4 Å². The largest absolute Gasteiger partial charge is 0.495 e. The highest BCUT2D eigenvalue weighted by Crippen LogP contribution is 2.40. The Hall–Kier alpha value is -3.61. The van der Waals surface area contributed by atoms with Crippen LogP contribution in [0.3, 0.4) is 0 Å². The first-order valence-electron chi connectivity index (χ1n) is 11.2. The molecule has 33 heavy (non-hydrogen) atoms. The predicted octanol–water partition coefficient (Wildman–Crippen LogP) is 3.98. The lowest BCUT2D eigenvalue weighted by Gasteiger charge is -2.32. The number of methoxy groups -OCH3 is 1. The molecule has 2 heterocycles. The Morgan fingerprint density at radius 2 is 1.70 bits per heavy atom. The number of carbonyl (C=O) groups is 3. The van der Waals surface area contributed by atoms with Gasteiger partial charge in [0.25, 0.3) is 11.8 Å². The van der Waals surface area contributed by atoms with Gasteiger partial charge in [-0.05, 0) is 61.1 Å². The third kappa shape index (κ3) is 4.35. The van der Waals surface area contributed by atoms with Crippen LogP contribution < -0.4 is 15.0 Å². The number of hydrogen-bond donors (Lipinski definition) is 1. The number of hydrogen-bond acceptors (Lipinski definition) is 5. The predicted molar refractivity (Wildman–Crippen MR) is 128 cm³/mol. The molecule has 2 aromatic rings. The Morgan fingerprint density at radius 3 is 2.30 bits per heavy atom. The van der Waals surface area contributed by atoms with Gasteiger partial charge in [0.1, 0.15) is 11.4 Å². The lowest BCUT2D eigenvalue weighted by molar-refractivity contribution is -0.121.